The highest BCUT2D eigenvalue weighted by Gasteiger charge is 2.09. The van der Waals surface area contributed by atoms with Gasteiger partial charge in [0.15, 0.2) is 0 Å². The van der Waals surface area contributed by atoms with Gasteiger partial charge in [-0.3, -0.25) is 0 Å². The summed E-state index contributed by atoms with van der Waals surface area (Å²) in [6.07, 6.45) is 3.19. The third-order valence-corrected chi connectivity index (χ3v) is 4.45. The highest BCUT2D eigenvalue weighted by Crippen LogP contribution is 2.22. The largest absolute Gasteiger partial charge is 0.494 e. The summed E-state index contributed by atoms with van der Waals surface area (Å²) in [5.41, 5.74) is 4.09. The Morgan fingerprint density at radius 3 is 1.86 bits per heavy atom. The fraction of sp³-hybridized carbons (Fsp3) is 0.240. The van der Waals surface area contributed by atoms with Crippen molar-refractivity contribution in [2.45, 2.75) is 33.1 Å². The SMILES string of the molecule is CCCOc1ccc(OC(=O)c2ccc(-c3ccc(CCC)cc3)cc2)cc1. The van der Waals surface area contributed by atoms with E-state index in [0.717, 1.165) is 36.1 Å². The van der Waals surface area contributed by atoms with Crippen LogP contribution in [0.1, 0.15) is 42.6 Å². The second kappa shape index (κ2) is 9.75. The summed E-state index contributed by atoms with van der Waals surface area (Å²) in [7, 11) is 0. The van der Waals surface area contributed by atoms with Gasteiger partial charge in [0, 0.05) is 0 Å². The summed E-state index contributed by atoms with van der Waals surface area (Å²) in [6.45, 7) is 4.91. The van der Waals surface area contributed by atoms with Crippen molar-refractivity contribution in [2.24, 2.45) is 0 Å². The lowest BCUT2D eigenvalue weighted by atomic mass is 10.0. The van der Waals surface area contributed by atoms with Crippen LogP contribution in [0.2, 0.25) is 0 Å². The zero-order valence-corrected chi connectivity index (χ0v) is 16.5. The molecule has 0 amide bonds. The van der Waals surface area contributed by atoms with Crippen LogP contribution in [0, 0.1) is 0 Å². The number of carbonyl (C=O) groups is 1. The van der Waals surface area contributed by atoms with Crippen LogP contribution in [0.25, 0.3) is 11.1 Å². The Morgan fingerprint density at radius 1 is 0.714 bits per heavy atom. The van der Waals surface area contributed by atoms with E-state index in [-0.39, 0.29) is 5.97 Å². The number of rotatable bonds is 8. The molecule has 3 aromatic rings. The third kappa shape index (κ3) is 5.23. The minimum Gasteiger partial charge on any atom is -0.494 e. The lowest BCUT2D eigenvalue weighted by Gasteiger charge is -2.08. The topological polar surface area (TPSA) is 35.5 Å². The van der Waals surface area contributed by atoms with Gasteiger partial charge in [-0.15, -0.1) is 0 Å². The Morgan fingerprint density at radius 2 is 1.29 bits per heavy atom. The molecule has 0 unspecified atom stereocenters. The van der Waals surface area contributed by atoms with Crippen molar-refractivity contribution in [2.75, 3.05) is 6.61 Å². The van der Waals surface area contributed by atoms with Gasteiger partial charge in [0.1, 0.15) is 11.5 Å². The Labute approximate surface area is 166 Å². The molecule has 0 atom stereocenters. The van der Waals surface area contributed by atoms with Gasteiger partial charge in [0.05, 0.1) is 12.2 Å². The van der Waals surface area contributed by atoms with Crippen LogP contribution in [-0.2, 0) is 6.42 Å². The third-order valence-electron chi connectivity index (χ3n) is 4.45. The average molecular weight is 374 g/mol. The van der Waals surface area contributed by atoms with Crippen LogP contribution in [0.3, 0.4) is 0 Å². The number of carbonyl (C=O) groups excluding carboxylic acids is 1. The van der Waals surface area contributed by atoms with Crippen LogP contribution < -0.4 is 9.47 Å². The Kier molecular flexibility index (Phi) is 6.85. The molecule has 0 fully saturated rings. The Bertz CT molecular complexity index is 879. The molecule has 28 heavy (non-hydrogen) atoms. The number of benzene rings is 3. The van der Waals surface area contributed by atoms with Crippen molar-refractivity contribution >= 4 is 5.97 Å². The van der Waals surface area contributed by atoms with Crippen molar-refractivity contribution in [3.63, 3.8) is 0 Å². The first-order valence-corrected chi connectivity index (χ1v) is 9.84. The van der Waals surface area contributed by atoms with Gasteiger partial charge >= 0.3 is 5.97 Å². The van der Waals surface area contributed by atoms with E-state index in [4.69, 9.17) is 9.47 Å². The predicted octanol–water partition coefficient (Wildman–Crippen LogP) is 6.31. The number of aryl methyl sites for hydroxylation is 1. The lowest BCUT2D eigenvalue weighted by molar-refractivity contribution is 0.0734. The van der Waals surface area contributed by atoms with E-state index in [0.29, 0.717) is 17.9 Å². The van der Waals surface area contributed by atoms with Gasteiger partial charge < -0.3 is 9.47 Å². The molecule has 0 saturated carbocycles. The van der Waals surface area contributed by atoms with Gasteiger partial charge in [0.25, 0.3) is 0 Å². The number of esters is 1. The van der Waals surface area contributed by atoms with Crippen molar-refractivity contribution in [3.05, 3.63) is 83.9 Å². The van der Waals surface area contributed by atoms with Crippen molar-refractivity contribution < 1.29 is 14.3 Å². The Balaban J connectivity index is 1.63. The molecule has 3 heteroatoms. The van der Waals surface area contributed by atoms with Crippen molar-refractivity contribution in [1.82, 2.24) is 0 Å². The molecule has 0 aliphatic rings. The quantitative estimate of drug-likeness (QED) is 0.342. The van der Waals surface area contributed by atoms with Gasteiger partial charge in [-0.2, -0.15) is 0 Å². The molecule has 0 N–H and O–H groups in total. The first kappa shape index (κ1) is 19.7. The molecule has 0 aliphatic heterocycles. The van der Waals surface area contributed by atoms with E-state index in [2.05, 4.69) is 38.1 Å². The Hall–Kier alpha value is -3.07. The molecular formula is C25H26O3. The van der Waals surface area contributed by atoms with E-state index in [1.54, 1.807) is 24.3 Å². The smallest absolute Gasteiger partial charge is 0.343 e. The van der Waals surface area contributed by atoms with E-state index in [1.807, 2.05) is 24.3 Å². The molecule has 3 nitrogen and oxygen atoms in total. The highest BCUT2D eigenvalue weighted by molar-refractivity contribution is 5.91. The second-order valence-corrected chi connectivity index (χ2v) is 6.73. The second-order valence-electron chi connectivity index (χ2n) is 6.73. The van der Waals surface area contributed by atoms with Gasteiger partial charge in [-0.25, -0.2) is 4.79 Å². The molecule has 3 rings (SSSR count). The maximum absolute atomic E-state index is 12.4. The molecule has 0 bridgehead atoms. The van der Waals surface area contributed by atoms with Crippen LogP contribution in [-0.4, -0.2) is 12.6 Å². The monoisotopic (exact) mass is 374 g/mol. The normalized spacial score (nSPS) is 10.5. The molecule has 0 radical (unpaired) electrons. The van der Waals surface area contributed by atoms with Crippen LogP contribution in [0.5, 0.6) is 11.5 Å². The molecule has 3 aromatic carbocycles. The van der Waals surface area contributed by atoms with Crippen LogP contribution >= 0.6 is 0 Å². The van der Waals surface area contributed by atoms with Crippen LogP contribution in [0.4, 0.5) is 0 Å². The summed E-state index contributed by atoms with van der Waals surface area (Å²) in [5.74, 6) is 0.910. The van der Waals surface area contributed by atoms with E-state index in [9.17, 15) is 4.79 Å². The standard InChI is InChI=1S/C25H26O3/c1-3-5-19-6-8-20(9-7-19)21-10-12-22(13-11-21)25(26)28-24-16-14-23(15-17-24)27-18-4-2/h6-17H,3-5,18H2,1-2H3. The number of ether oxygens (including phenoxy) is 2. The molecule has 0 aromatic heterocycles. The number of hydrogen-bond acceptors (Lipinski definition) is 3. The van der Waals surface area contributed by atoms with E-state index < -0.39 is 0 Å². The molecule has 0 saturated heterocycles. The highest BCUT2D eigenvalue weighted by atomic mass is 16.5. The first-order valence-electron chi connectivity index (χ1n) is 9.84. The average Bonchev–Trinajstić information content (AvgIpc) is 2.74. The lowest BCUT2D eigenvalue weighted by Crippen LogP contribution is -2.08. The van der Waals surface area contributed by atoms with E-state index >= 15 is 0 Å². The molecular weight excluding hydrogens is 348 g/mol. The molecule has 0 spiro atoms. The molecule has 0 heterocycles. The number of hydrogen-bond donors (Lipinski definition) is 0. The molecule has 0 aliphatic carbocycles. The summed E-state index contributed by atoms with van der Waals surface area (Å²) >= 11 is 0. The maximum atomic E-state index is 12.4. The minimum absolute atomic E-state index is 0.368. The summed E-state index contributed by atoms with van der Waals surface area (Å²) in [4.78, 5) is 12.4. The fourth-order valence-electron chi connectivity index (χ4n) is 2.94. The fourth-order valence-corrected chi connectivity index (χ4v) is 2.94. The van der Waals surface area contributed by atoms with Gasteiger partial charge in [-0.05, 0) is 65.9 Å². The van der Waals surface area contributed by atoms with Crippen molar-refractivity contribution in [1.29, 1.82) is 0 Å². The van der Waals surface area contributed by atoms with Gasteiger partial charge in [-0.1, -0.05) is 56.7 Å². The minimum atomic E-state index is -0.368. The maximum Gasteiger partial charge on any atom is 0.343 e. The summed E-state index contributed by atoms with van der Waals surface area (Å²) < 4.78 is 11.0. The predicted molar refractivity (Wildman–Crippen MR) is 113 cm³/mol. The van der Waals surface area contributed by atoms with E-state index in [1.165, 1.54) is 5.56 Å². The zero-order valence-electron chi connectivity index (χ0n) is 16.5. The summed E-state index contributed by atoms with van der Waals surface area (Å²) in [5, 5.41) is 0. The zero-order chi connectivity index (χ0) is 19.8. The van der Waals surface area contributed by atoms with Gasteiger partial charge in [0.2, 0.25) is 0 Å². The van der Waals surface area contributed by atoms with Crippen LogP contribution in [0.15, 0.2) is 72.8 Å². The first-order chi connectivity index (χ1) is 13.7. The molecule has 144 valence electrons. The summed E-state index contributed by atoms with van der Waals surface area (Å²) in [6, 6.07) is 23.2. The van der Waals surface area contributed by atoms with Crippen molar-refractivity contribution in [3.8, 4) is 22.6 Å².